The standard InChI is InChI=1S/C15H19NO5/c1-19-7-8-20-11-14(17)16-13(10-21-15(16)18)9-12-5-3-2-4-6-12/h2-6,13H,7-11H2,1H3. The number of nitrogens with zero attached hydrogens (tertiary/aromatic N) is 1. The van der Waals surface area contributed by atoms with Gasteiger partial charge in [0.15, 0.2) is 0 Å². The van der Waals surface area contributed by atoms with Gasteiger partial charge in [-0.3, -0.25) is 4.79 Å². The van der Waals surface area contributed by atoms with Crippen LogP contribution < -0.4 is 0 Å². The Bertz CT molecular complexity index is 476. The molecule has 1 aliphatic rings. The fourth-order valence-corrected chi connectivity index (χ4v) is 2.17. The molecule has 1 heterocycles. The molecule has 0 N–H and O–H groups in total. The van der Waals surface area contributed by atoms with Crippen molar-refractivity contribution in [2.75, 3.05) is 33.5 Å². The van der Waals surface area contributed by atoms with Crippen LogP contribution in [0.2, 0.25) is 0 Å². The molecule has 0 bridgehead atoms. The van der Waals surface area contributed by atoms with Gasteiger partial charge in [-0.15, -0.1) is 0 Å². The molecule has 114 valence electrons. The quantitative estimate of drug-likeness (QED) is 0.708. The summed E-state index contributed by atoms with van der Waals surface area (Å²) >= 11 is 0. The van der Waals surface area contributed by atoms with Crippen LogP contribution >= 0.6 is 0 Å². The molecule has 6 heteroatoms. The average molecular weight is 293 g/mol. The largest absolute Gasteiger partial charge is 0.447 e. The van der Waals surface area contributed by atoms with Crippen LogP contribution in [-0.4, -0.2) is 56.5 Å². The van der Waals surface area contributed by atoms with Crippen LogP contribution in [0.1, 0.15) is 5.56 Å². The first kappa shape index (κ1) is 15.5. The third kappa shape index (κ3) is 4.27. The first-order valence-corrected chi connectivity index (χ1v) is 6.82. The van der Waals surface area contributed by atoms with Crippen LogP contribution in [-0.2, 0) is 25.4 Å². The molecule has 1 aromatic carbocycles. The lowest BCUT2D eigenvalue weighted by molar-refractivity contribution is -0.134. The fraction of sp³-hybridized carbons (Fsp3) is 0.467. The van der Waals surface area contributed by atoms with Gasteiger partial charge in [0.1, 0.15) is 13.2 Å². The first-order valence-electron chi connectivity index (χ1n) is 6.82. The zero-order chi connectivity index (χ0) is 15.1. The van der Waals surface area contributed by atoms with E-state index < -0.39 is 6.09 Å². The number of methoxy groups -OCH3 is 1. The highest BCUT2D eigenvalue weighted by atomic mass is 16.6. The van der Waals surface area contributed by atoms with Gasteiger partial charge >= 0.3 is 6.09 Å². The molecule has 1 aromatic rings. The molecule has 1 unspecified atom stereocenters. The Balaban J connectivity index is 1.92. The summed E-state index contributed by atoms with van der Waals surface area (Å²) in [5, 5.41) is 0. The molecule has 1 fully saturated rings. The van der Waals surface area contributed by atoms with Crippen LogP contribution in [0.25, 0.3) is 0 Å². The summed E-state index contributed by atoms with van der Waals surface area (Å²) in [7, 11) is 1.55. The molecule has 2 amide bonds. The predicted molar refractivity (Wildman–Crippen MR) is 74.8 cm³/mol. The van der Waals surface area contributed by atoms with E-state index in [4.69, 9.17) is 14.2 Å². The number of carbonyl (C=O) groups is 2. The second kappa shape index (κ2) is 7.75. The van der Waals surface area contributed by atoms with E-state index in [1.165, 1.54) is 0 Å². The minimum atomic E-state index is -0.601. The monoisotopic (exact) mass is 293 g/mol. The molecular weight excluding hydrogens is 274 g/mol. The smallest absolute Gasteiger partial charge is 0.417 e. The third-order valence-electron chi connectivity index (χ3n) is 3.20. The molecule has 21 heavy (non-hydrogen) atoms. The number of rotatable bonds is 7. The Hall–Kier alpha value is -1.92. The second-order valence-corrected chi connectivity index (χ2v) is 4.73. The lowest BCUT2D eigenvalue weighted by Gasteiger charge is -2.19. The maximum atomic E-state index is 12.1. The molecular formula is C15H19NO5. The van der Waals surface area contributed by atoms with Gasteiger partial charge in [0.25, 0.3) is 5.91 Å². The number of hydrogen-bond acceptors (Lipinski definition) is 5. The van der Waals surface area contributed by atoms with Crippen LogP contribution in [0.3, 0.4) is 0 Å². The molecule has 0 spiro atoms. The van der Waals surface area contributed by atoms with E-state index in [0.717, 1.165) is 10.5 Å². The lowest BCUT2D eigenvalue weighted by Crippen LogP contribution is -2.42. The number of imide groups is 1. The average Bonchev–Trinajstić information content (AvgIpc) is 2.85. The molecule has 0 aromatic heterocycles. The fourth-order valence-electron chi connectivity index (χ4n) is 2.17. The SMILES string of the molecule is COCCOCC(=O)N1C(=O)OCC1Cc1ccccc1. The van der Waals surface area contributed by atoms with Gasteiger partial charge in [0, 0.05) is 7.11 Å². The van der Waals surface area contributed by atoms with Crippen molar-refractivity contribution >= 4 is 12.0 Å². The zero-order valence-corrected chi connectivity index (χ0v) is 12.0. The van der Waals surface area contributed by atoms with Gasteiger partial charge in [-0.25, -0.2) is 9.69 Å². The van der Waals surface area contributed by atoms with Crippen molar-refractivity contribution in [3.05, 3.63) is 35.9 Å². The van der Waals surface area contributed by atoms with Crippen molar-refractivity contribution in [3.63, 3.8) is 0 Å². The maximum Gasteiger partial charge on any atom is 0.417 e. The molecule has 0 radical (unpaired) electrons. The highest BCUT2D eigenvalue weighted by Crippen LogP contribution is 2.17. The Morgan fingerprint density at radius 2 is 2.10 bits per heavy atom. The highest BCUT2D eigenvalue weighted by Gasteiger charge is 2.37. The van der Waals surface area contributed by atoms with E-state index in [-0.39, 0.29) is 25.2 Å². The summed E-state index contributed by atoms with van der Waals surface area (Å²) in [6.45, 7) is 0.793. The van der Waals surface area contributed by atoms with Crippen LogP contribution in [0.15, 0.2) is 30.3 Å². The summed E-state index contributed by atoms with van der Waals surface area (Å²) in [6.07, 6.45) is -0.0209. The van der Waals surface area contributed by atoms with Crippen molar-refractivity contribution in [1.82, 2.24) is 4.90 Å². The Morgan fingerprint density at radius 3 is 2.81 bits per heavy atom. The Morgan fingerprint density at radius 1 is 1.33 bits per heavy atom. The van der Waals surface area contributed by atoms with Gasteiger partial charge in [0.05, 0.1) is 19.3 Å². The topological polar surface area (TPSA) is 65.1 Å². The zero-order valence-electron chi connectivity index (χ0n) is 12.0. The number of carbonyl (C=O) groups excluding carboxylic acids is 2. The minimum absolute atomic E-state index is 0.149. The van der Waals surface area contributed by atoms with Crippen molar-refractivity contribution in [2.45, 2.75) is 12.5 Å². The van der Waals surface area contributed by atoms with Gasteiger partial charge in [-0.1, -0.05) is 30.3 Å². The van der Waals surface area contributed by atoms with Crippen molar-refractivity contribution in [1.29, 1.82) is 0 Å². The van der Waals surface area contributed by atoms with E-state index in [9.17, 15) is 9.59 Å². The normalized spacial score (nSPS) is 17.9. The van der Waals surface area contributed by atoms with Gasteiger partial charge < -0.3 is 14.2 Å². The summed E-state index contributed by atoms with van der Waals surface area (Å²) in [4.78, 5) is 24.9. The number of hydrogen-bond donors (Lipinski definition) is 0. The molecule has 6 nitrogen and oxygen atoms in total. The summed E-state index contributed by atoms with van der Waals surface area (Å²) in [5.74, 6) is -0.380. The first-order chi connectivity index (χ1) is 10.2. The van der Waals surface area contributed by atoms with E-state index in [1.54, 1.807) is 7.11 Å². The van der Waals surface area contributed by atoms with Crippen LogP contribution in [0, 0.1) is 0 Å². The third-order valence-corrected chi connectivity index (χ3v) is 3.20. The van der Waals surface area contributed by atoms with Crippen molar-refractivity contribution in [3.8, 4) is 0 Å². The van der Waals surface area contributed by atoms with E-state index >= 15 is 0 Å². The molecule has 1 aliphatic heterocycles. The summed E-state index contributed by atoms with van der Waals surface area (Å²) in [5.41, 5.74) is 1.05. The van der Waals surface area contributed by atoms with Crippen LogP contribution in [0.4, 0.5) is 4.79 Å². The van der Waals surface area contributed by atoms with E-state index in [2.05, 4.69) is 0 Å². The number of amides is 2. The number of cyclic esters (lactones) is 1. The Labute approximate surface area is 123 Å². The molecule has 2 rings (SSSR count). The Kier molecular flexibility index (Phi) is 5.71. The summed E-state index contributed by atoms with van der Waals surface area (Å²) < 4.78 is 15.0. The second-order valence-electron chi connectivity index (χ2n) is 4.73. The lowest BCUT2D eigenvalue weighted by atomic mass is 10.1. The molecule has 1 atom stereocenters. The summed E-state index contributed by atoms with van der Waals surface area (Å²) in [6, 6.07) is 9.41. The molecule has 0 aliphatic carbocycles. The van der Waals surface area contributed by atoms with Crippen LogP contribution in [0.5, 0.6) is 0 Å². The van der Waals surface area contributed by atoms with Gasteiger partial charge in [-0.05, 0) is 12.0 Å². The molecule has 1 saturated heterocycles. The predicted octanol–water partition coefficient (Wildman–Crippen LogP) is 1.24. The molecule has 0 saturated carbocycles. The maximum absolute atomic E-state index is 12.1. The van der Waals surface area contributed by atoms with Crippen molar-refractivity contribution in [2.24, 2.45) is 0 Å². The number of benzene rings is 1. The van der Waals surface area contributed by atoms with Gasteiger partial charge in [-0.2, -0.15) is 0 Å². The van der Waals surface area contributed by atoms with E-state index in [0.29, 0.717) is 19.6 Å². The van der Waals surface area contributed by atoms with Gasteiger partial charge in [0.2, 0.25) is 0 Å². The van der Waals surface area contributed by atoms with Crippen molar-refractivity contribution < 1.29 is 23.8 Å². The minimum Gasteiger partial charge on any atom is -0.447 e. The van der Waals surface area contributed by atoms with E-state index in [1.807, 2.05) is 30.3 Å². The number of ether oxygens (including phenoxy) is 3. The highest BCUT2D eigenvalue weighted by molar-refractivity contribution is 5.94.